The molecule has 74 valence electrons. The molecule has 0 aliphatic carbocycles. The fourth-order valence-corrected chi connectivity index (χ4v) is 1.91. The van der Waals surface area contributed by atoms with Crippen LogP contribution < -0.4 is 10.5 Å². The van der Waals surface area contributed by atoms with Gasteiger partial charge in [-0.3, -0.25) is 0 Å². The first-order valence-corrected chi connectivity index (χ1v) is 5.84. The Morgan fingerprint density at radius 3 is 2.50 bits per heavy atom. The van der Waals surface area contributed by atoms with E-state index in [-0.39, 0.29) is 11.7 Å². The van der Waals surface area contributed by atoms with Crippen LogP contribution in [0.1, 0.15) is 20.3 Å². The SMILES string of the molecule is CCCS(=O)(=O)NCC(C)CN. The zero-order valence-corrected chi connectivity index (χ0v) is 8.52. The fourth-order valence-electron chi connectivity index (χ4n) is 0.693. The van der Waals surface area contributed by atoms with Crippen LogP contribution in [-0.4, -0.2) is 27.3 Å². The first-order chi connectivity index (χ1) is 5.52. The van der Waals surface area contributed by atoms with Gasteiger partial charge in [0, 0.05) is 6.54 Å². The van der Waals surface area contributed by atoms with Crippen LogP contribution in [0.15, 0.2) is 0 Å². The zero-order chi connectivity index (χ0) is 9.61. The van der Waals surface area contributed by atoms with E-state index in [1.807, 2.05) is 13.8 Å². The van der Waals surface area contributed by atoms with Gasteiger partial charge in [-0.15, -0.1) is 0 Å². The standard InChI is InChI=1S/C7H18N2O2S/c1-3-4-12(10,11)9-6-7(2)5-8/h7,9H,3-6,8H2,1-2H3. The Kier molecular flexibility index (Phi) is 5.44. The molecule has 0 aromatic carbocycles. The molecule has 1 atom stereocenters. The molecule has 4 nitrogen and oxygen atoms in total. The lowest BCUT2D eigenvalue weighted by Gasteiger charge is -2.09. The predicted octanol–water partition coefficient (Wildman–Crippen LogP) is -0.0894. The summed E-state index contributed by atoms with van der Waals surface area (Å²) in [4.78, 5) is 0. The van der Waals surface area contributed by atoms with Crippen LogP contribution in [0.2, 0.25) is 0 Å². The van der Waals surface area contributed by atoms with Crippen LogP contribution in [0.3, 0.4) is 0 Å². The molecule has 0 spiro atoms. The van der Waals surface area contributed by atoms with Gasteiger partial charge in [0.2, 0.25) is 10.0 Å². The minimum Gasteiger partial charge on any atom is -0.330 e. The lowest BCUT2D eigenvalue weighted by molar-refractivity contribution is 0.544. The van der Waals surface area contributed by atoms with Gasteiger partial charge in [-0.1, -0.05) is 13.8 Å². The van der Waals surface area contributed by atoms with E-state index >= 15 is 0 Å². The van der Waals surface area contributed by atoms with E-state index in [1.165, 1.54) is 0 Å². The first kappa shape index (κ1) is 11.9. The number of sulfonamides is 1. The second-order valence-corrected chi connectivity index (χ2v) is 4.93. The number of nitrogens with one attached hydrogen (secondary N) is 1. The Labute approximate surface area is 74.6 Å². The summed E-state index contributed by atoms with van der Waals surface area (Å²) >= 11 is 0. The lowest BCUT2D eigenvalue weighted by Crippen LogP contribution is -2.32. The van der Waals surface area contributed by atoms with Crippen molar-refractivity contribution in [2.75, 3.05) is 18.8 Å². The van der Waals surface area contributed by atoms with E-state index in [1.54, 1.807) is 0 Å². The Bertz CT molecular complexity index is 201. The molecule has 0 aliphatic heterocycles. The molecule has 0 heterocycles. The summed E-state index contributed by atoms with van der Waals surface area (Å²) in [7, 11) is -3.04. The summed E-state index contributed by atoms with van der Waals surface area (Å²) in [6, 6.07) is 0. The quantitative estimate of drug-likeness (QED) is 0.620. The van der Waals surface area contributed by atoms with Gasteiger partial charge < -0.3 is 5.73 Å². The molecule has 0 amide bonds. The molecule has 0 saturated heterocycles. The lowest BCUT2D eigenvalue weighted by atomic mass is 10.2. The maximum atomic E-state index is 11.1. The fraction of sp³-hybridized carbons (Fsp3) is 1.00. The maximum Gasteiger partial charge on any atom is 0.211 e. The van der Waals surface area contributed by atoms with Crippen molar-refractivity contribution in [2.24, 2.45) is 11.7 Å². The van der Waals surface area contributed by atoms with Crippen LogP contribution in [0.5, 0.6) is 0 Å². The van der Waals surface area contributed by atoms with Gasteiger partial charge in [-0.05, 0) is 18.9 Å². The Morgan fingerprint density at radius 2 is 2.08 bits per heavy atom. The van der Waals surface area contributed by atoms with Crippen LogP contribution in [0.4, 0.5) is 0 Å². The smallest absolute Gasteiger partial charge is 0.211 e. The highest BCUT2D eigenvalue weighted by Gasteiger charge is 2.09. The molecule has 12 heavy (non-hydrogen) atoms. The largest absolute Gasteiger partial charge is 0.330 e. The molecule has 1 unspecified atom stereocenters. The topological polar surface area (TPSA) is 72.2 Å². The van der Waals surface area contributed by atoms with E-state index in [2.05, 4.69) is 4.72 Å². The third kappa shape index (κ3) is 5.51. The Hall–Kier alpha value is -0.130. The second-order valence-electron chi connectivity index (χ2n) is 3.01. The van der Waals surface area contributed by atoms with E-state index in [4.69, 9.17) is 5.73 Å². The molecule has 0 saturated carbocycles. The van der Waals surface area contributed by atoms with Crippen molar-refractivity contribution in [3.63, 3.8) is 0 Å². The first-order valence-electron chi connectivity index (χ1n) is 4.19. The van der Waals surface area contributed by atoms with Crippen molar-refractivity contribution >= 4 is 10.0 Å². The monoisotopic (exact) mass is 194 g/mol. The summed E-state index contributed by atoms with van der Waals surface area (Å²) in [5.74, 6) is 0.404. The number of hydrogen-bond donors (Lipinski definition) is 2. The van der Waals surface area contributed by atoms with E-state index < -0.39 is 10.0 Å². The molecule has 0 bridgehead atoms. The van der Waals surface area contributed by atoms with Crippen LogP contribution >= 0.6 is 0 Å². The van der Waals surface area contributed by atoms with Crippen molar-refractivity contribution in [1.29, 1.82) is 0 Å². The zero-order valence-electron chi connectivity index (χ0n) is 7.71. The molecule has 0 fully saturated rings. The molecule has 0 aromatic rings. The van der Waals surface area contributed by atoms with E-state index in [9.17, 15) is 8.42 Å². The van der Waals surface area contributed by atoms with Gasteiger partial charge in [0.1, 0.15) is 0 Å². The summed E-state index contributed by atoms with van der Waals surface area (Å²) in [6.07, 6.45) is 0.645. The molecule has 0 aliphatic rings. The number of hydrogen-bond acceptors (Lipinski definition) is 3. The second kappa shape index (κ2) is 5.50. The van der Waals surface area contributed by atoms with Crippen molar-refractivity contribution in [1.82, 2.24) is 4.72 Å². The highest BCUT2D eigenvalue weighted by atomic mass is 32.2. The summed E-state index contributed by atoms with van der Waals surface area (Å²) in [5.41, 5.74) is 5.34. The van der Waals surface area contributed by atoms with Gasteiger partial charge >= 0.3 is 0 Å². The molecular weight excluding hydrogens is 176 g/mol. The van der Waals surface area contributed by atoms with Gasteiger partial charge in [0.05, 0.1) is 5.75 Å². The normalized spacial score (nSPS) is 14.6. The minimum atomic E-state index is -3.04. The van der Waals surface area contributed by atoms with Crippen LogP contribution in [0, 0.1) is 5.92 Å². The maximum absolute atomic E-state index is 11.1. The van der Waals surface area contributed by atoms with Crippen molar-refractivity contribution in [3.05, 3.63) is 0 Å². The summed E-state index contributed by atoms with van der Waals surface area (Å²) in [6.45, 7) is 4.70. The van der Waals surface area contributed by atoms with Crippen LogP contribution in [-0.2, 0) is 10.0 Å². The third-order valence-electron chi connectivity index (χ3n) is 1.53. The van der Waals surface area contributed by atoms with Crippen molar-refractivity contribution in [3.8, 4) is 0 Å². The third-order valence-corrected chi connectivity index (χ3v) is 3.08. The van der Waals surface area contributed by atoms with Gasteiger partial charge in [0.25, 0.3) is 0 Å². The summed E-state index contributed by atoms with van der Waals surface area (Å²) in [5, 5.41) is 0. The molecule has 0 aromatic heterocycles. The average Bonchev–Trinajstić information content (AvgIpc) is 2.00. The van der Waals surface area contributed by atoms with Crippen molar-refractivity contribution < 1.29 is 8.42 Å². The highest BCUT2D eigenvalue weighted by molar-refractivity contribution is 7.89. The van der Waals surface area contributed by atoms with E-state index in [0.29, 0.717) is 19.5 Å². The molecule has 0 rings (SSSR count). The van der Waals surface area contributed by atoms with Crippen molar-refractivity contribution in [2.45, 2.75) is 20.3 Å². The molecular formula is C7H18N2O2S. The summed E-state index contributed by atoms with van der Waals surface area (Å²) < 4.78 is 24.7. The molecule has 5 heteroatoms. The van der Waals surface area contributed by atoms with Gasteiger partial charge in [-0.2, -0.15) is 0 Å². The highest BCUT2D eigenvalue weighted by Crippen LogP contribution is 1.92. The van der Waals surface area contributed by atoms with Gasteiger partial charge in [0.15, 0.2) is 0 Å². The number of rotatable bonds is 6. The molecule has 3 N–H and O–H groups in total. The average molecular weight is 194 g/mol. The Balaban J connectivity index is 3.76. The minimum absolute atomic E-state index is 0.199. The van der Waals surface area contributed by atoms with Gasteiger partial charge in [-0.25, -0.2) is 13.1 Å². The number of nitrogens with two attached hydrogens (primary N) is 1. The predicted molar refractivity (Wildman–Crippen MR) is 50.3 cm³/mol. The van der Waals surface area contributed by atoms with Crippen LogP contribution in [0.25, 0.3) is 0 Å². The van der Waals surface area contributed by atoms with E-state index in [0.717, 1.165) is 0 Å². The molecule has 0 radical (unpaired) electrons. The Morgan fingerprint density at radius 1 is 1.50 bits per heavy atom.